The molecule has 0 radical (unpaired) electrons. The van der Waals surface area contributed by atoms with Crippen molar-refractivity contribution in [2.24, 2.45) is 5.41 Å². The summed E-state index contributed by atoms with van der Waals surface area (Å²) in [7, 11) is -0.604. The van der Waals surface area contributed by atoms with Crippen molar-refractivity contribution in [2.45, 2.75) is 71.7 Å². The van der Waals surface area contributed by atoms with Crippen LogP contribution in [0.25, 0.3) is 0 Å². The van der Waals surface area contributed by atoms with E-state index in [1.165, 1.54) is 17.4 Å². The highest BCUT2D eigenvalue weighted by molar-refractivity contribution is 7.14. The summed E-state index contributed by atoms with van der Waals surface area (Å²) in [6, 6.07) is 6.44. The van der Waals surface area contributed by atoms with Gasteiger partial charge in [-0.1, -0.05) is 26.0 Å². The molecule has 160 valence electrons. The van der Waals surface area contributed by atoms with Crippen LogP contribution in [-0.2, 0) is 22.2 Å². The van der Waals surface area contributed by atoms with Crippen molar-refractivity contribution in [2.75, 3.05) is 0 Å². The molecule has 1 aliphatic carbocycles. The molecule has 2 aromatic rings. The van der Waals surface area contributed by atoms with E-state index >= 15 is 0 Å². The van der Waals surface area contributed by atoms with E-state index in [1.807, 2.05) is 41.5 Å². The van der Waals surface area contributed by atoms with Gasteiger partial charge in [0.05, 0.1) is 22.2 Å². The standard InChI is InChI=1S/C23H28BFO4S/c1-21(2)12-19-15(20(21)27)11-18(30-19)17(26)10-13-9-14(7-8-16(13)25)24-28-22(3,4)23(5,6)29-24/h7-9,11,20,27H,10,12H2,1-6H3. The summed E-state index contributed by atoms with van der Waals surface area (Å²) in [5.74, 6) is -0.571. The largest absolute Gasteiger partial charge is 0.494 e. The first-order valence-corrected chi connectivity index (χ1v) is 11.1. The van der Waals surface area contributed by atoms with Gasteiger partial charge >= 0.3 is 7.12 Å². The van der Waals surface area contributed by atoms with Crippen LogP contribution in [-0.4, -0.2) is 29.2 Å². The van der Waals surface area contributed by atoms with Gasteiger partial charge < -0.3 is 14.4 Å². The molecule has 1 atom stereocenters. The molecular weight excluding hydrogens is 402 g/mol. The minimum atomic E-state index is -0.604. The predicted octanol–water partition coefficient (Wildman–Crippen LogP) is 4.23. The Bertz CT molecular complexity index is 995. The van der Waals surface area contributed by atoms with Gasteiger partial charge in [0.2, 0.25) is 0 Å². The van der Waals surface area contributed by atoms with E-state index in [4.69, 9.17) is 9.31 Å². The number of benzene rings is 1. The molecule has 1 aromatic heterocycles. The number of aliphatic hydroxyl groups is 1. The second kappa shape index (κ2) is 6.99. The highest BCUT2D eigenvalue weighted by Gasteiger charge is 2.51. The minimum absolute atomic E-state index is 0.0436. The quantitative estimate of drug-likeness (QED) is 0.583. The van der Waals surface area contributed by atoms with Gasteiger partial charge in [-0.3, -0.25) is 4.79 Å². The first kappa shape index (κ1) is 21.7. The van der Waals surface area contributed by atoms with Gasteiger partial charge in [0.15, 0.2) is 5.78 Å². The van der Waals surface area contributed by atoms with E-state index in [0.29, 0.717) is 15.9 Å². The molecule has 0 bridgehead atoms. The summed E-state index contributed by atoms with van der Waals surface area (Å²) in [6.07, 6.45) is 0.124. The molecule has 0 saturated carbocycles. The maximum Gasteiger partial charge on any atom is 0.494 e. The lowest BCUT2D eigenvalue weighted by Gasteiger charge is -2.32. The number of aliphatic hydroxyl groups excluding tert-OH is 1. The molecule has 0 amide bonds. The lowest BCUT2D eigenvalue weighted by molar-refractivity contribution is 0.00578. The maximum atomic E-state index is 14.5. The average Bonchev–Trinajstić information content (AvgIpc) is 3.20. The number of hydrogen-bond acceptors (Lipinski definition) is 5. The number of Topliss-reactive ketones (excluding diaryl/α,β-unsaturated/α-hetero) is 1. The molecule has 4 nitrogen and oxygen atoms in total. The van der Waals surface area contributed by atoms with Gasteiger partial charge in [0.25, 0.3) is 0 Å². The van der Waals surface area contributed by atoms with Crippen molar-refractivity contribution in [1.29, 1.82) is 0 Å². The van der Waals surface area contributed by atoms with E-state index in [1.54, 1.807) is 18.2 Å². The molecule has 1 unspecified atom stereocenters. The van der Waals surface area contributed by atoms with E-state index < -0.39 is 30.2 Å². The molecule has 2 aliphatic rings. The van der Waals surface area contributed by atoms with Gasteiger partial charge in [-0.05, 0) is 68.3 Å². The van der Waals surface area contributed by atoms with Crippen LogP contribution in [0.5, 0.6) is 0 Å². The van der Waals surface area contributed by atoms with Gasteiger partial charge in [0, 0.05) is 11.3 Å². The topological polar surface area (TPSA) is 55.8 Å². The number of carbonyl (C=O) groups excluding carboxylic acids is 1. The average molecular weight is 430 g/mol. The molecule has 30 heavy (non-hydrogen) atoms. The van der Waals surface area contributed by atoms with Gasteiger partial charge in [-0.25, -0.2) is 4.39 Å². The SMILES string of the molecule is CC1(C)Cc2sc(C(=O)Cc3cc(B4OC(C)(C)C(C)(C)O4)ccc3F)cc2C1O. The summed E-state index contributed by atoms with van der Waals surface area (Å²) >= 11 is 1.41. The Morgan fingerprint density at radius 3 is 2.40 bits per heavy atom. The Hall–Kier alpha value is -1.54. The number of halogens is 1. The fraction of sp³-hybridized carbons (Fsp3) is 0.522. The van der Waals surface area contributed by atoms with E-state index in [2.05, 4.69) is 0 Å². The van der Waals surface area contributed by atoms with Crippen LogP contribution < -0.4 is 5.46 Å². The summed E-state index contributed by atoms with van der Waals surface area (Å²) in [4.78, 5) is 14.5. The zero-order valence-electron chi connectivity index (χ0n) is 18.3. The fourth-order valence-electron chi connectivity index (χ4n) is 4.00. The summed E-state index contributed by atoms with van der Waals surface area (Å²) < 4.78 is 26.6. The Morgan fingerprint density at radius 2 is 1.80 bits per heavy atom. The molecule has 1 aromatic carbocycles. The molecule has 1 fully saturated rings. The first-order chi connectivity index (χ1) is 13.8. The molecule has 0 spiro atoms. The first-order valence-electron chi connectivity index (χ1n) is 10.3. The van der Waals surface area contributed by atoms with Crippen LogP contribution >= 0.6 is 11.3 Å². The van der Waals surface area contributed by atoms with Crippen LogP contribution in [0, 0.1) is 11.2 Å². The summed E-state index contributed by atoms with van der Waals surface area (Å²) in [5, 5.41) is 10.5. The molecule has 4 rings (SSSR count). The number of carbonyl (C=O) groups is 1. The summed E-state index contributed by atoms with van der Waals surface area (Å²) in [6.45, 7) is 11.9. The van der Waals surface area contributed by atoms with Crippen LogP contribution in [0.3, 0.4) is 0 Å². The smallest absolute Gasteiger partial charge is 0.399 e. The van der Waals surface area contributed by atoms with Crippen molar-refractivity contribution >= 4 is 29.7 Å². The second-order valence-electron chi connectivity index (χ2n) is 10.1. The number of rotatable bonds is 4. The van der Waals surface area contributed by atoms with Crippen LogP contribution in [0.15, 0.2) is 24.3 Å². The summed E-state index contributed by atoms with van der Waals surface area (Å²) in [5.41, 5.74) is 0.652. The number of fused-ring (bicyclic) bond motifs is 1. The zero-order chi connectivity index (χ0) is 22.1. The second-order valence-corrected chi connectivity index (χ2v) is 11.2. The third kappa shape index (κ3) is 3.56. The van der Waals surface area contributed by atoms with Crippen LogP contribution in [0.2, 0.25) is 0 Å². The van der Waals surface area contributed by atoms with Crippen molar-refractivity contribution in [3.8, 4) is 0 Å². The zero-order valence-corrected chi connectivity index (χ0v) is 19.2. The van der Waals surface area contributed by atoms with Crippen LogP contribution in [0.1, 0.15) is 73.3 Å². The highest BCUT2D eigenvalue weighted by atomic mass is 32.1. The minimum Gasteiger partial charge on any atom is -0.399 e. The van der Waals surface area contributed by atoms with Crippen molar-refractivity contribution < 1.29 is 23.6 Å². The van der Waals surface area contributed by atoms with Crippen LogP contribution in [0.4, 0.5) is 4.39 Å². The normalized spacial score (nSPS) is 23.6. The lowest BCUT2D eigenvalue weighted by atomic mass is 9.78. The third-order valence-electron chi connectivity index (χ3n) is 6.71. The van der Waals surface area contributed by atoms with Gasteiger partial charge in [-0.15, -0.1) is 11.3 Å². The number of ketones is 1. The van der Waals surface area contributed by atoms with E-state index in [9.17, 15) is 14.3 Å². The van der Waals surface area contributed by atoms with Crippen molar-refractivity contribution in [3.05, 3.63) is 51.0 Å². The monoisotopic (exact) mass is 430 g/mol. The van der Waals surface area contributed by atoms with Crippen molar-refractivity contribution in [3.63, 3.8) is 0 Å². The van der Waals surface area contributed by atoms with E-state index in [0.717, 1.165) is 16.9 Å². The Labute approximate surface area is 181 Å². The third-order valence-corrected chi connectivity index (χ3v) is 7.91. The Balaban J connectivity index is 1.54. The van der Waals surface area contributed by atoms with Gasteiger partial charge in [0.1, 0.15) is 5.82 Å². The number of thiophene rings is 1. The van der Waals surface area contributed by atoms with E-state index in [-0.39, 0.29) is 17.6 Å². The Kier molecular flexibility index (Phi) is 5.05. The van der Waals surface area contributed by atoms with Crippen molar-refractivity contribution in [1.82, 2.24) is 0 Å². The molecule has 1 N–H and O–H groups in total. The predicted molar refractivity (Wildman–Crippen MR) is 117 cm³/mol. The fourth-order valence-corrected chi connectivity index (χ4v) is 5.37. The highest BCUT2D eigenvalue weighted by Crippen LogP contribution is 2.48. The van der Waals surface area contributed by atoms with Gasteiger partial charge in [-0.2, -0.15) is 0 Å². The Morgan fingerprint density at radius 1 is 1.17 bits per heavy atom. The lowest BCUT2D eigenvalue weighted by Crippen LogP contribution is -2.41. The molecular formula is C23H28BFO4S. The molecule has 2 heterocycles. The molecule has 1 aliphatic heterocycles. The molecule has 7 heteroatoms. The number of hydrogen-bond donors (Lipinski definition) is 1. The molecule has 1 saturated heterocycles. The maximum absolute atomic E-state index is 14.5.